The number of hydrogen-bond donors (Lipinski definition) is 0. The minimum absolute atomic E-state index is 0.171. The summed E-state index contributed by atoms with van der Waals surface area (Å²) in [4.78, 5) is 5.28. The quantitative estimate of drug-likeness (QED) is 0.153. The molecule has 0 N–H and O–H groups in total. The highest BCUT2D eigenvalue weighted by Gasteiger charge is 2.54. The number of rotatable bonds is 6. The first-order valence-corrected chi connectivity index (χ1v) is 25.8. The monoisotopic (exact) mass is 847 g/mol. The third kappa shape index (κ3) is 6.12. The molecule has 0 unspecified atom stereocenters. The molecule has 4 heteroatoms. The maximum Gasteiger partial charge on any atom is 0.244 e. The first-order chi connectivity index (χ1) is 30.5. The van der Waals surface area contributed by atoms with Crippen molar-refractivity contribution in [3.63, 3.8) is 0 Å². The van der Waals surface area contributed by atoms with Crippen LogP contribution in [0.25, 0.3) is 22.3 Å². The van der Waals surface area contributed by atoms with Crippen LogP contribution in [0, 0.1) is 13.8 Å². The maximum atomic E-state index is 2.57. The fourth-order valence-corrected chi connectivity index (χ4v) is 18.2. The van der Waals surface area contributed by atoms with Crippen molar-refractivity contribution in [1.29, 1.82) is 0 Å². The van der Waals surface area contributed by atoms with Crippen LogP contribution >= 0.6 is 11.8 Å². The van der Waals surface area contributed by atoms with Gasteiger partial charge in [0.25, 0.3) is 0 Å². The van der Waals surface area contributed by atoms with Crippen molar-refractivity contribution in [1.82, 2.24) is 0 Å². The van der Waals surface area contributed by atoms with Gasteiger partial charge in [-0.3, -0.25) is 0 Å². The van der Waals surface area contributed by atoms with Gasteiger partial charge in [-0.05, 0) is 128 Å². The zero-order valence-electron chi connectivity index (χ0n) is 37.8. The van der Waals surface area contributed by atoms with E-state index in [1.54, 1.807) is 0 Å². The van der Waals surface area contributed by atoms with E-state index in [0.717, 1.165) is 0 Å². The van der Waals surface area contributed by atoms with Gasteiger partial charge in [-0.15, -0.1) is 0 Å². The summed E-state index contributed by atoms with van der Waals surface area (Å²) in [6, 6.07) is 63.8. The van der Waals surface area contributed by atoms with Crippen LogP contribution in [0.3, 0.4) is 0 Å². The summed E-state index contributed by atoms with van der Waals surface area (Å²) in [6.45, 7) is 18.9. The van der Waals surface area contributed by atoms with Crippen molar-refractivity contribution >= 4 is 80.7 Å². The first-order valence-electron chi connectivity index (χ1n) is 22.9. The lowest BCUT2D eigenvalue weighted by atomic mass is 9.34. The zero-order valence-corrected chi connectivity index (χ0v) is 39.6. The molecule has 0 aromatic heterocycles. The summed E-state index contributed by atoms with van der Waals surface area (Å²) in [5.74, 6) is 1.31. The van der Waals surface area contributed by atoms with E-state index >= 15 is 0 Å². The molecule has 308 valence electrons. The highest BCUT2D eigenvalue weighted by atomic mass is 32.2. The normalized spacial score (nSPS) is 14.1. The van der Waals surface area contributed by atoms with Crippen molar-refractivity contribution in [3.05, 3.63) is 192 Å². The predicted octanol–water partition coefficient (Wildman–Crippen LogP) is 11.5. The minimum atomic E-state index is -2.67. The summed E-state index contributed by atoms with van der Waals surface area (Å²) in [7, 11) is -2.67. The van der Waals surface area contributed by atoms with E-state index in [4.69, 9.17) is 0 Å². The van der Waals surface area contributed by atoms with Gasteiger partial charge >= 0.3 is 0 Å². The summed E-state index contributed by atoms with van der Waals surface area (Å²) in [5, 5.41) is 5.95. The average Bonchev–Trinajstić information content (AvgIpc) is 3.59. The van der Waals surface area contributed by atoms with Crippen molar-refractivity contribution in [2.45, 2.75) is 82.9 Å². The minimum Gasteiger partial charge on any atom is -0.311 e. The van der Waals surface area contributed by atoms with Crippen molar-refractivity contribution in [3.8, 4) is 22.3 Å². The molecular formula is C59H54BNSSi. The lowest BCUT2D eigenvalue weighted by Gasteiger charge is -2.44. The fourth-order valence-electron chi connectivity index (χ4n) is 11.3. The molecule has 0 aliphatic carbocycles. The fraction of sp³-hybridized carbons (Fsp3) is 0.186. The second-order valence-corrected chi connectivity index (χ2v) is 23.9. The standard InChI is InChI=1S/C59H54BNSSi/c1-36(2)43-33-47(37(3)4)59(48(34-43)38(5)6)60-49-20-11-12-21-53(49)62-54-35-42(26-27-50(54)60)41-16-15-17-44(32-41)61-51-28-24-39(7)30-57(51)63(58-31-40(8)25-29-52(58)61)55-22-13-9-18-45(55)46-19-10-14-23-56(46)63/h9-38H,1-8H3. The van der Waals surface area contributed by atoms with Crippen LogP contribution in [0.4, 0.5) is 17.1 Å². The molecule has 11 rings (SSSR count). The first kappa shape index (κ1) is 40.0. The Morgan fingerprint density at radius 2 is 1.02 bits per heavy atom. The molecule has 3 aliphatic rings. The molecule has 3 heterocycles. The molecule has 1 nitrogen and oxygen atoms in total. The molecular weight excluding hydrogens is 794 g/mol. The van der Waals surface area contributed by atoms with Gasteiger partial charge in [0.2, 0.25) is 6.71 Å². The Kier molecular flexibility index (Phi) is 9.64. The number of nitrogens with zero attached hydrogens (tertiary/aromatic N) is 1. The zero-order chi connectivity index (χ0) is 43.3. The Bertz CT molecular complexity index is 3010. The summed E-state index contributed by atoms with van der Waals surface area (Å²) in [5.41, 5.74) is 20.4. The van der Waals surface area contributed by atoms with Crippen LogP contribution < -0.4 is 42.0 Å². The van der Waals surface area contributed by atoms with E-state index < -0.39 is 8.07 Å². The molecule has 0 amide bonds. The largest absolute Gasteiger partial charge is 0.311 e. The van der Waals surface area contributed by atoms with Crippen molar-refractivity contribution in [2.75, 3.05) is 4.90 Å². The van der Waals surface area contributed by atoms with Crippen LogP contribution in [0.15, 0.2) is 174 Å². The number of aryl methyl sites for hydroxylation is 2. The van der Waals surface area contributed by atoms with E-state index in [1.165, 1.54) is 114 Å². The van der Waals surface area contributed by atoms with E-state index in [1.807, 2.05) is 11.8 Å². The summed E-state index contributed by atoms with van der Waals surface area (Å²) in [6.07, 6.45) is 0. The molecule has 0 saturated heterocycles. The Labute approximate surface area is 380 Å². The smallest absolute Gasteiger partial charge is 0.244 e. The van der Waals surface area contributed by atoms with Gasteiger partial charge in [0.1, 0.15) is 0 Å². The Morgan fingerprint density at radius 3 is 1.62 bits per heavy atom. The van der Waals surface area contributed by atoms with Gasteiger partial charge in [-0.25, -0.2) is 0 Å². The van der Waals surface area contributed by atoms with Crippen LogP contribution in [-0.4, -0.2) is 14.8 Å². The molecule has 0 saturated carbocycles. The number of hydrogen-bond acceptors (Lipinski definition) is 2. The number of benzene rings is 8. The van der Waals surface area contributed by atoms with Gasteiger partial charge in [0.05, 0.1) is 0 Å². The third-order valence-electron chi connectivity index (χ3n) is 14.2. The van der Waals surface area contributed by atoms with E-state index in [2.05, 4.69) is 224 Å². The molecule has 0 fully saturated rings. The highest BCUT2D eigenvalue weighted by molar-refractivity contribution is 8.00. The summed E-state index contributed by atoms with van der Waals surface area (Å²) >= 11 is 1.94. The van der Waals surface area contributed by atoms with Gasteiger partial charge in [-0.1, -0.05) is 208 Å². The van der Waals surface area contributed by atoms with Crippen LogP contribution in [0.1, 0.15) is 87.1 Å². The van der Waals surface area contributed by atoms with Crippen molar-refractivity contribution < 1.29 is 0 Å². The van der Waals surface area contributed by atoms with Crippen LogP contribution in [0.2, 0.25) is 0 Å². The van der Waals surface area contributed by atoms with Crippen LogP contribution in [0.5, 0.6) is 0 Å². The van der Waals surface area contributed by atoms with Gasteiger partial charge in [-0.2, -0.15) is 0 Å². The summed E-state index contributed by atoms with van der Waals surface area (Å²) < 4.78 is 0. The molecule has 0 radical (unpaired) electrons. The average molecular weight is 848 g/mol. The molecule has 63 heavy (non-hydrogen) atoms. The Balaban J connectivity index is 1.07. The topological polar surface area (TPSA) is 3.24 Å². The van der Waals surface area contributed by atoms with Gasteiger partial charge in [0.15, 0.2) is 8.07 Å². The highest BCUT2D eigenvalue weighted by Crippen LogP contribution is 2.43. The second kappa shape index (κ2) is 15.2. The number of fused-ring (bicyclic) bond motifs is 11. The Hall–Kier alpha value is -5.81. The molecule has 1 spiro atoms. The van der Waals surface area contributed by atoms with E-state index in [9.17, 15) is 0 Å². The number of anilines is 3. The maximum absolute atomic E-state index is 2.67. The third-order valence-corrected chi connectivity index (χ3v) is 20.3. The van der Waals surface area contributed by atoms with Crippen LogP contribution in [-0.2, 0) is 0 Å². The molecule has 0 atom stereocenters. The van der Waals surface area contributed by atoms with Gasteiger partial charge < -0.3 is 4.90 Å². The second-order valence-electron chi connectivity index (χ2n) is 19.2. The molecule has 0 bridgehead atoms. The van der Waals surface area contributed by atoms with E-state index in [-0.39, 0.29) is 6.71 Å². The van der Waals surface area contributed by atoms with Crippen molar-refractivity contribution in [2.24, 2.45) is 0 Å². The lowest BCUT2D eigenvalue weighted by Crippen LogP contribution is -2.75. The lowest BCUT2D eigenvalue weighted by molar-refractivity contribution is 0.812. The van der Waals surface area contributed by atoms with Gasteiger partial charge in [0, 0.05) is 26.9 Å². The molecule has 3 aliphatic heterocycles. The predicted molar refractivity (Wildman–Crippen MR) is 276 cm³/mol. The SMILES string of the molecule is Cc1ccc2c(c1)[Si]1(c3ccccc3-c3ccccc31)c1cc(C)ccc1N2c1cccc(-c2ccc3c(c2)Sc2ccccc2B3c2c(C(C)C)cc(C(C)C)cc2C(C)C)c1. The molecule has 8 aromatic carbocycles. The Morgan fingerprint density at radius 1 is 0.460 bits per heavy atom. The molecule has 8 aromatic rings. The van der Waals surface area contributed by atoms with E-state index in [0.29, 0.717) is 17.8 Å².